The summed E-state index contributed by atoms with van der Waals surface area (Å²) >= 11 is 0. The van der Waals surface area contributed by atoms with Gasteiger partial charge in [0, 0.05) is 30.1 Å². The van der Waals surface area contributed by atoms with Gasteiger partial charge in [-0.3, -0.25) is 14.5 Å². The van der Waals surface area contributed by atoms with Crippen molar-refractivity contribution in [1.82, 2.24) is 30.1 Å². The second-order valence-corrected chi connectivity index (χ2v) is 8.47. The number of carbonyl (C=O) groups is 1. The molecule has 0 amide bonds. The van der Waals surface area contributed by atoms with E-state index in [1.165, 1.54) is 4.68 Å². The maximum Gasteiger partial charge on any atom is 0.327 e. The maximum absolute atomic E-state index is 13.0. The molecule has 37 heavy (non-hydrogen) atoms. The van der Waals surface area contributed by atoms with Crippen LogP contribution in [0.25, 0.3) is 10.9 Å². The van der Waals surface area contributed by atoms with Crippen molar-refractivity contribution in [3.8, 4) is 17.2 Å². The minimum atomic E-state index is -0.428. The quantitative estimate of drug-likeness (QED) is 0.318. The largest absolute Gasteiger partial charge is 0.497 e. The van der Waals surface area contributed by atoms with E-state index in [1.54, 1.807) is 20.1 Å². The van der Waals surface area contributed by atoms with Crippen LogP contribution in [0, 0.1) is 0 Å². The van der Waals surface area contributed by atoms with Crippen LogP contribution in [0.4, 0.5) is 0 Å². The topological polar surface area (TPSA) is 134 Å². The van der Waals surface area contributed by atoms with Gasteiger partial charge in [0.25, 0.3) is 5.56 Å². The molecule has 0 fully saturated rings. The molecule has 3 heterocycles. The molecule has 192 valence electrons. The minimum Gasteiger partial charge on any atom is -0.497 e. The number of methoxy groups -OCH3 is 1. The molecular formula is C25H26N6O6. The van der Waals surface area contributed by atoms with Crippen LogP contribution >= 0.6 is 0 Å². The van der Waals surface area contributed by atoms with Crippen molar-refractivity contribution in [2.24, 2.45) is 0 Å². The SMILES string of the molecule is CCOC(=O)Cn1nnnc1CN(Cc1ccc(OC)cc1)Cc1cc2cc3c(cc2[nH]c1=O)OCO3. The van der Waals surface area contributed by atoms with Gasteiger partial charge < -0.3 is 23.9 Å². The van der Waals surface area contributed by atoms with E-state index in [9.17, 15) is 9.59 Å². The first-order chi connectivity index (χ1) is 18.0. The average molecular weight is 507 g/mol. The molecule has 0 saturated carbocycles. The molecule has 1 aliphatic heterocycles. The van der Waals surface area contributed by atoms with Crippen molar-refractivity contribution in [2.45, 2.75) is 33.1 Å². The number of benzene rings is 2. The number of esters is 1. The number of aromatic amines is 1. The highest BCUT2D eigenvalue weighted by Gasteiger charge is 2.19. The van der Waals surface area contributed by atoms with E-state index in [0.29, 0.717) is 41.5 Å². The Morgan fingerprint density at radius 1 is 1.11 bits per heavy atom. The van der Waals surface area contributed by atoms with Gasteiger partial charge in [-0.05, 0) is 47.2 Å². The molecule has 1 N–H and O–H groups in total. The molecular weight excluding hydrogens is 480 g/mol. The number of fused-ring (bicyclic) bond motifs is 2. The summed E-state index contributed by atoms with van der Waals surface area (Å²) in [7, 11) is 1.61. The smallest absolute Gasteiger partial charge is 0.327 e. The van der Waals surface area contributed by atoms with Gasteiger partial charge in [-0.25, -0.2) is 4.68 Å². The fraction of sp³-hybridized carbons (Fsp3) is 0.320. The van der Waals surface area contributed by atoms with Gasteiger partial charge in [0.05, 0.1) is 25.8 Å². The lowest BCUT2D eigenvalue weighted by molar-refractivity contribution is -0.144. The summed E-state index contributed by atoms with van der Waals surface area (Å²) in [5, 5.41) is 12.6. The number of carbonyl (C=O) groups excluding carboxylic acids is 1. The highest BCUT2D eigenvalue weighted by Crippen LogP contribution is 2.35. The molecule has 12 nitrogen and oxygen atoms in total. The summed E-state index contributed by atoms with van der Waals surface area (Å²) in [5.41, 5.74) is 2.02. The van der Waals surface area contributed by atoms with E-state index in [2.05, 4.69) is 20.5 Å². The molecule has 2 aromatic carbocycles. The van der Waals surface area contributed by atoms with Crippen molar-refractivity contribution in [3.05, 3.63) is 69.8 Å². The van der Waals surface area contributed by atoms with Crippen molar-refractivity contribution in [1.29, 1.82) is 0 Å². The number of nitrogens with zero attached hydrogens (tertiary/aromatic N) is 5. The molecule has 0 aliphatic carbocycles. The minimum absolute atomic E-state index is 0.101. The number of rotatable bonds is 10. The van der Waals surface area contributed by atoms with Gasteiger partial charge in [-0.2, -0.15) is 0 Å². The lowest BCUT2D eigenvalue weighted by atomic mass is 10.1. The third-order valence-electron chi connectivity index (χ3n) is 5.93. The maximum atomic E-state index is 13.0. The zero-order valence-electron chi connectivity index (χ0n) is 20.5. The summed E-state index contributed by atoms with van der Waals surface area (Å²) in [5.74, 6) is 2.03. The number of hydrogen-bond donors (Lipinski definition) is 1. The summed E-state index contributed by atoms with van der Waals surface area (Å²) in [6.45, 7) is 3.15. The molecule has 0 atom stereocenters. The second kappa shape index (κ2) is 10.7. The van der Waals surface area contributed by atoms with E-state index in [-0.39, 0.29) is 32.0 Å². The second-order valence-electron chi connectivity index (χ2n) is 8.47. The Kier molecular flexibility index (Phi) is 6.99. The van der Waals surface area contributed by atoms with E-state index in [1.807, 2.05) is 41.3 Å². The molecule has 0 bridgehead atoms. The Bertz CT molecular complexity index is 1470. The molecule has 0 saturated heterocycles. The van der Waals surface area contributed by atoms with Crippen LogP contribution in [0.2, 0.25) is 0 Å². The summed E-state index contributed by atoms with van der Waals surface area (Å²) in [6, 6.07) is 13.1. The highest BCUT2D eigenvalue weighted by atomic mass is 16.7. The first-order valence-electron chi connectivity index (χ1n) is 11.7. The Balaban J connectivity index is 1.43. The third kappa shape index (κ3) is 5.54. The van der Waals surface area contributed by atoms with Gasteiger partial charge in [0.1, 0.15) is 12.3 Å². The zero-order chi connectivity index (χ0) is 25.8. The van der Waals surface area contributed by atoms with Gasteiger partial charge in [0.2, 0.25) is 6.79 Å². The first kappa shape index (κ1) is 24.3. The third-order valence-corrected chi connectivity index (χ3v) is 5.93. The van der Waals surface area contributed by atoms with Crippen LogP contribution in [-0.4, -0.2) is 56.6 Å². The van der Waals surface area contributed by atoms with Gasteiger partial charge in [-0.15, -0.1) is 5.10 Å². The summed E-state index contributed by atoms with van der Waals surface area (Å²) in [4.78, 5) is 30.0. The number of ether oxygens (including phenoxy) is 4. The van der Waals surface area contributed by atoms with Crippen molar-refractivity contribution in [3.63, 3.8) is 0 Å². The molecule has 1 aliphatic rings. The lowest BCUT2D eigenvalue weighted by Gasteiger charge is -2.22. The fourth-order valence-electron chi connectivity index (χ4n) is 4.14. The van der Waals surface area contributed by atoms with Crippen LogP contribution in [-0.2, 0) is 35.7 Å². The fourth-order valence-corrected chi connectivity index (χ4v) is 4.14. The molecule has 0 radical (unpaired) electrons. The van der Waals surface area contributed by atoms with Gasteiger partial charge >= 0.3 is 5.97 Å². The van der Waals surface area contributed by atoms with E-state index in [0.717, 1.165) is 16.7 Å². The van der Waals surface area contributed by atoms with Gasteiger partial charge in [-0.1, -0.05) is 12.1 Å². The number of aromatic nitrogens is 5. The zero-order valence-corrected chi connectivity index (χ0v) is 20.5. The van der Waals surface area contributed by atoms with Crippen LogP contribution in [0.5, 0.6) is 17.2 Å². The van der Waals surface area contributed by atoms with Crippen molar-refractivity contribution < 1.29 is 23.7 Å². The number of nitrogens with one attached hydrogen (secondary N) is 1. The Morgan fingerprint density at radius 2 is 1.89 bits per heavy atom. The van der Waals surface area contributed by atoms with Crippen LogP contribution in [0.3, 0.4) is 0 Å². The van der Waals surface area contributed by atoms with E-state index < -0.39 is 5.97 Å². The molecule has 2 aromatic heterocycles. The number of H-pyrrole nitrogens is 1. The summed E-state index contributed by atoms with van der Waals surface area (Å²) in [6.07, 6.45) is 0. The molecule has 5 rings (SSSR count). The Hall–Kier alpha value is -4.45. The van der Waals surface area contributed by atoms with Crippen LogP contribution < -0.4 is 19.8 Å². The number of pyridine rings is 1. The van der Waals surface area contributed by atoms with Crippen molar-refractivity contribution >= 4 is 16.9 Å². The van der Waals surface area contributed by atoms with Crippen molar-refractivity contribution in [2.75, 3.05) is 20.5 Å². The van der Waals surface area contributed by atoms with E-state index in [4.69, 9.17) is 18.9 Å². The van der Waals surface area contributed by atoms with E-state index >= 15 is 0 Å². The highest BCUT2D eigenvalue weighted by molar-refractivity contribution is 5.83. The first-order valence-corrected chi connectivity index (χ1v) is 11.7. The molecule has 0 spiro atoms. The lowest BCUT2D eigenvalue weighted by Crippen LogP contribution is -2.28. The number of hydrogen-bond acceptors (Lipinski definition) is 10. The van der Waals surface area contributed by atoms with Crippen LogP contribution in [0.15, 0.2) is 47.3 Å². The molecule has 4 aromatic rings. The average Bonchev–Trinajstić information content (AvgIpc) is 3.52. The molecule has 0 unspecified atom stereocenters. The standard InChI is InChI=1S/C25H26N6O6/c1-3-35-24(32)14-31-23(27-28-29-31)13-30(11-16-4-6-19(34-2)7-5-16)12-18-8-17-9-21-22(37-15-36-21)10-20(17)26-25(18)33/h4-10H,3,11-15H2,1-2H3,(H,26,33). The predicted molar refractivity (Wildman–Crippen MR) is 131 cm³/mol. The molecule has 12 heteroatoms. The normalized spacial score (nSPS) is 12.3. The van der Waals surface area contributed by atoms with Gasteiger partial charge in [0.15, 0.2) is 17.3 Å². The van der Waals surface area contributed by atoms with Crippen LogP contribution in [0.1, 0.15) is 23.9 Å². The number of tetrazole rings is 1. The Morgan fingerprint density at radius 3 is 2.65 bits per heavy atom. The summed E-state index contributed by atoms with van der Waals surface area (Å²) < 4.78 is 22.6. The monoisotopic (exact) mass is 506 g/mol. The Labute approximate surface area is 211 Å². The predicted octanol–water partition coefficient (Wildman–Crippen LogP) is 2.02.